The van der Waals surface area contributed by atoms with Gasteiger partial charge in [-0.25, -0.2) is 4.98 Å². The summed E-state index contributed by atoms with van der Waals surface area (Å²) in [5.41, 5.74) is 2.17. The number of piperazine rings is 1. The van der Waals surface area contributed by atoms with Gasteiger partial charge in [-0.2, -0.15) is 0 Å². The zero-order chi connectivity index (χ0) is 20.1. The normalized spacial score (nSPS) is 14.7. The fourth-order valence-electron chi connectivity index (χ4n) is 3.24. The number of ether oxygens (including phenoxy) is 1. The second kappa shape index (κ2) is 9.39. The average molecular weight is 428 g/mol. The van der Waals surface area contributed by atoms with E-state index >= 15 is 0 Å². The number of hydrogen-bond donors (Lipinski definition) is 0. The maximum absolute atomic E-state index is 12.4. The van der Waals surface area contributed by atoms with Crippen molar-refractivity contribution in [1.82, 2.24) is 14.8 Å². The summed E-state index contributed by atoms with van der Waals surface area (Å²) in [6.07, 6.45) is 0. The van der Waals surface area contributed by atoms with Crippen molar-refractivity contribution in [2.45, 2.75) is 6.54 Å². The quantitative estimate of drug-likeness (QED) is 0.591. The van der Waals surface area contributed by atoms with Crippen molar-refractivity contribution >= 4 is 28.8 Å². The third-order valence-corrected chi connectivity index (χ3v) is 5.97. The van der Waals surface area contributed by atoms with Gasteiger partial charge in [0.2, 0.25) is 0 Å². The van der Waals surface area contributed by atoms with Crippen molar-refractivity contribution in [2.75, 3.05) is 32.8 Å². The van der Waals surface area contributed by atoms with E-state index in [9.17, 15) is 4.79 Å². The number of benzene rings is 2. The summed E-state index contributed by atoms with van der Waals surface area (Å²) in [6, 6.07) is 17.3. The SMILES string of the molecule is O=C(COc1ccc(Cl)cc1)N1CCN(Cc2nc(-c3ccccc3)cs2)CC1. The first kappa shape index (κ1) is 19.9. The predicted molar refractivity (Wildman–Crippen MR) is 116 cm³/mol. The van der Waals surface area contributed by atoms with Gasteiger partial charge in [0.05, 0.1) is 12.2 Å². The number of rotatable bonds is 6. The first-order valence-corrected chi connectivity index (χ1v) is 10.8. The number of carbonyl (C=O) groups excluding carboxylic acids is 1. The molecule has 0 aliphatic carbocycles. The molecule has 1 aromatic heterocycles. The third-order valence-electron chi connectivity index (χ3n) is 4.88. The molecule has 150 valence electrons. The summed E-state index contributed by atoms with van der Waals surface area (Å²) in [5, 5.41) is 3.86. The molecule has 1 aliphatic rings. The predicted octanol–water partition coefficient (Wildman–Crippen LogP) is 4.19. The molecule has 5 nitrogen and oxygen atoms in total. The van der Waals surface area contributed by atoms with Crippen LogP contribution >= 0.6 is 22.9 Å². The Morgan fingerprint density at radius 3 is 2.48 bits per heavy atom. The van der Waals surface area contributed by atoms with E-state index in [0.717, 1.165) is 35.9 Å². The Morgan fingerprint density at radius 2 is 1.76 bits per heavy atom. The molecule has 29 heavy (non-hydrogen) atoms. The molecule has 0 unspecified atom stereocenters. The van der Waals surface area contributed by atoms with Crippen LogP contribution in [0.1, 0.15) is 5.01 Å². The van der Waals surface area contributed by atoms with Crippen molar-refractivity contribution in [3.8, 4) is 17.0 Å². The third kappa shape index (κ3) is 5.35. The standard InChI is InChI=1S/C22H22ClN3O2S/c23-18-6-8-19(9-7-18)28-15-22(27)26-12-10-25(11-13-26)14-21-24-20(16-29-21)17-4-2-1-3-5-17/h1-9,16H,10-15H2. The first-order chi connectivity index (χ1) is 14.2. The highest BCUT2D eigenvalue weighted by Crippen LogP contribution is 2.23. The number of aromatic nitrogens is 1. The Balaban J connectivity index is 1.23. The van der Waals surface area contributed by atoms with Gasteiger partial charge < -0.3 is 9.64 Å². The lowest BCUT2D eigenvalue weighted by atomic mass is 10.2. The number of hydrogen-bond acceptors (Lipinski definition) is 5. The van der Waals surface area contributed by atoms with Crippen LogP contribution in [0.4, 0.5) is 0 Å². The van der Waals surface area contributed by atoms with Crippen LogP contribution in [-0.4, -0.2) is 53.5 Å². The van der Waals surface area contributed by atoms with Crippen molar-refractivity contribution in [1.29, 1.82) is 0 Å². The zero-order valence-electron chi connectivity index (χ0n) is 16.0. The molecule has 0 spiro atoms. The monoisotopic (exact) mass is 427 g/mol. The van der Waals surface area contributed by atoms with E-state index in [2.05, 4.69) is 22.4 Å². The van der Waals surface area contributed by atoms with E-state index < -0.39 is 0 Å². The molecular weight excluding hydrogens is 406 g/mol. The van der Waals surface area contributed by atoms with Crippen molar-refractivity contribution < 1.29 is 9.53 Å². The maximum Gasteiger partial charge on any atom is 0.260 e. The van der Waals surface area contributed by atoms with Crippen LogP contribution in [0.2, 0.25) is 5.02 Å². The average Bonchev–Trinajstić information content (AvgIpc) is 3.23. The van der Waals surface area contributed by atoms with E-state index in [-0.39, 0.29) is 12.5 Å². The second-order valence-electron chi connectivity index (χ2n) is 6.89. The van der Waals surface area contributed by atoms with Gasteiger partial charge in [-0.1, -0.05) is 41.9 Å². The van der Waals surface area contributed by atoms with Gasteiger partial charge in [0.25, 0.3) is 5.91 Å². The molecule has 7 heteroatoms. The largest absolute Gasteiger partial charge is 0.484 e. The number of thiazole rings is 1. The minimum absolute atomic E-state index is 0.0141. The van der Waals surface area contributed by atoms with Gasteiger partial charge in [-0.15, -0.1) is 11.3 Å². The Kier molecular flexibility index (Phi) is 6.44. The molecule has 0 saturated carbocycles. The van der Waals surface area contributed by atoms with Gasteiger partial charge in [0.15, 0.2) is 6.61 Å². The van der Waals surface area contributed by atoms with Crippen LogP contribution in [-0.2, 0) is 11.3 Å². The fourth-order valence-corrected chi connectivity index (χ4v) is 4.21. The summed E-state index contributed by atoms with van der Waals surface area (Å²) >= 11 is 7.55. The molecule has 0 bridgehead atoms. The molecule has 0 atom stereocenters. The minimum atomic E-state index is 0.0141. The van der Waals surface area contributed by atoms with Crippen LogP contribution in [0.15, 0.2) is 60.0 Å². The van der Waals surface area contributed by atoms with E-state index in [1.54, 1.807) is 35.6 Å². The summed E-state index contributed by atoms with van der Waals surface area (Å²) in [7, 11) is 0. The van der Waals surface area contributed by atoms with Crippen molar-refractivity contribution in [3.05, 3.63) is 70.0 Å². The minimum Gasteiger partial charge on any atom is -0.484 e. The van der Waals surface area contributed by atoms with Gasteiger partial charge in [-0.3, -0.25) is 9.69 Å². The second-order valence-corrected chi connectivity index (χ2v) is 8.27. The van der Waals surface area contributed by atoms with Crippen LogP contribution in [0, 0.1) is 0 Å². The molecule has 2 aromatic carbocycles. The van der Waals surface area contributed by atoms with E-state index in [4.69, 9.17) is 21.3 Å². The van der Waals surface area contributed by atoms with Crippen LogP contribution < -0.4 is 4.74 Å². The molecular formula is C22H22ClN3O2S. The topological polar surface area (TPSA) is 45.7 Å². The lowest BCUT2D eigenvalue weighted by Crippen LogP contribution is -2.49. The summed E-state index contributed by atoms with van der Waals surface area (Å²) in [6.45, 7) is 3.97. The number of amides is 1. The summed E-state index contributed by atoms with van der Waals surface area (Å²) < 4.78 is 5.57. The Hall–Kier alpha value is -2.41. The highest BCUT2D eigenvalue weighted by molar-refractivity contribution is 7.09. The highest BCUT2D eigenvalue weighted by Gasteiger charge is 2.22. The molecule has 1 fully saturated rings. The molecule has 1 aliphatic heterocycles. The number of carbonyl (C=O) groups is 1. The fraction of sp³-hybridized carbons (Fsp3) is 0.273. The molecule has 0 radical (unpaired) electrons. The Labute approximate surface area is 179 Å². The molecule has 2 heterocycles. The molecule has 4 rings (SSSR count). The first-order valence-electron chi connectivity index (χ1n) is 9.56. The highest BCUT2D eigenvalue weighted by atomic mass is 35.5. The summed E-state index contributed by atoms with van der Waals surface area (Å²) in [4.78, 5) is 21.4. The molecule has 3 aromatic rings. The van der Waals surface area contributed by atoms with Crippen molar-refractivity contribution in [3.63, 3.8) is 0 Å². The van der Waals surface area contributed by atoms with E-state index in [1.807, 2.05) is 23.1 Å². The van der Waals surface area contributed by atoms with E-state index in [0.29, 0.717) is 23.9 Å². The van der Waals surface area contributed by atoms with Gasteiger partial charge in [0.1, 0.15) is 10.8 Å². The van der Waals surface area contributed by atoms with Crippen LogP contribution in [0.25, 0.3) is 11.3 Å². The zero-order valence-corrected chi connectivity index (χ0v) is 17.5. The Morgan fingerprint density at radius 1 is 1.03 bits per heavy atom. The molecule has 0 N–H and O–H groups in total. The van der Waals surface area contributed by atoms with Crippen molar-refractivity contribution in [2.24, 2.45) is 0 Å². The summed E-state index contributed by atoms with van der Waals surface area (Å²) in [5.74, 6) is 0.666. The van der Waals surface area contributed by atoms with Gasteiger partial charge in [0, 0.05) is 42.1 Å². The Bertz CT molecular complexity index is 938. The maximum atomic E-state index is 12.4. The lowest BCUT2D eigenvalue weighted by Gasteiger charge is -2.34. The lowest BCUT2D eigenvalue weighted by molar-refractivity contribution is -0.135. The molecule has 1 amide bonds. The van der Waals surface area contributed by atoms with E-state index in [1.165, 1.54) is 0 Å². The number of halogens is 1. The van der Waals surface area contributed by atoms with Crippen LogP contribution in [0.3, 0.4) is 0 Å². The van der Waals surface area contributed by atoms with Gasteiger partial charge >= 0.3 is 0 Å². The van der Waals surface area contributed by atoms with Crippen LogP contribution in [0.5, 0.6) is 5.75 Å². The number of nitrogens with zero attached hydrogens (tertiary/aromatic N) is 3. The molecule has 1 saturated heterocycles. The smallest absolute Gasteiger partial charge is 0.260 e. The van der Waals surface area contributed by atoms with Gasteiger partial charge in [-0.05, 0) is 24.3 Å².